The van der Waals surface area contributed by atoms with Crippen LogP contribution in [0.3, 0.4) is 0 Å². The third-order valence-electron chi connectivity index (χ3n) is 6.03. The van der Waals surface area contributed by atoms with E-state index in [1.165, 1.54) is 30.0 Å². The fourth-order valence-electron chi connectivity index (χ4n) is 4.23. The van der Waals surface area contributed by atoms with E-state index in [4.69, 9.17) is 16.3 Å². The summed E-state index contributed by atoms with van der Waals surface area (Å²) in [4.78, 5) is 22.7. The molecule has 0 N–H and O–H groups in total. The van der Waals surface area contributed by atoms with E-state index < -0.39 is 10.0 Å². The number of halogens is 1. The minimum atomic E-state index is -3.59. The summed E-state index contributed by atoms with van der Waals surface area (Å²) in [7, 11) is -0.373. The van der Waals surface area contributed by atoms with Crippen LogP contribution in [0.15, 0.2) is 29.7 Å². The van der Waals surface area contributed by atoms with E-state index in [0.717, 1.165) is 19.3 Å². The molecule has 9 nitrogen and oxygen atoms in total. The molecule has 0 bridgehead atoms. The first-order valence-corrected chi connectivity index (χ1v) is 11.5. The number of nitrogens with zero attached hydrogens (tertiary/aromatic N) is 5. The Labute approximate surface area is 180 Å². The van der Waals surface area contributed by atoms with Gasteiger partial charge in [-0.3, -0.25) is 4.79 Å². The van der Waals surface area contributed by atoms with Crippen LogP contribution in [0.1, 0.15) is 29.6 Å². The Morgan fingerprint density at radius 2 is 1.90 bits per heavy atom. The summed E-state index contributed by atoms with van der Waals surface area (Å²) < 4.78 is 34.0. The summed E-state index contributed by atoms with van der Waals surface area (Å²) in [5.41, 5.74) is 0.334. The highest BCUT2D eigenvalue weighted by atomic mass is 35.5. The number of amides is 1. The Hall–Kier alpha value is -2.17. The zero-order valence-electron chi connectivity index (χ0n) is 16.9. The molecule has 0 atom stereocenters. The minimum absolute atomic E-state index is 0.0816. The van der Waals surface area contributed by atoms with Crippen molar-refractivity contribution in [1.82, 2.24) is 23.7 Å². The first-order chi connectivity index (χ1) is 14.2. The lowest BCUT2D eigenvalue weighted by Crippen LogP contribution is -2.44. The number of sulfonamides is 1. The van der Waals surface area contributed by atoms with Crippen molar-refractivity contribution in [3.8, 4) is 5.88 Å². The fourth-order valence-corrected chi connectivity index (χ4v) is 5.95. The number of aromatic nitrogens is 3. The molecule has 2 aromatic rings. The second-order valence-electron chi connectivity index (χ2n) is 7.98. The lowest BCUT2D eigenvalue weighted by Gasteiger charge is -2.39. The number of hydrogen-bond acceptors (Lipinski definition) is 6. The largest absolute Gasteiger partial charge is 0.481 e. The molecule has 0 aliphatic carbocycles. The highest BCUT2D eigenvalue weighted by molar-refractivity contribution is 7.89. The number of rotatable bonds is 4. The summed E-state index contributed by atoms with van der Waals surface area (Å²) in [6, 6.07) is 3.11. The molecule has 2 fully saturated rings. The molecule has 2 aliphatic rings. The van der Waals surface area contributed by atoms with Crippen LogP contribution in [0.2, 0.25) is 5.15 Å². The van der Waals surface area contributed by atoms with Crippen molar-refractivity contribution in [2.24, 2.45) is 12.5 Å². The molecule has 162 valence electrons. The second-order valence-corrected chi connectivity index (χ2v) is 10.3. The lowest BCUT2D eigenvalue weighted by molar-refractivity contribution is 0.0599. The van der Waals surface area contributed by atoms with E-state index in [1.54, 1.807) is 22.6 Å². The maximum absolute atomic E-state index is 12.9. The predicted octanol–water partition coefficient (Wildman–Crippen LogP) is 1.79. The van der Waals surface area contributed by atoms with Gasteiger partial charge in [-0.1, -0.05) is 11.6 Å². The third-order valence-corrected chi connectivity index (χ3v) is 7.95. The van der Waals surface area contributed by atoms with Gasteiger partial charge in [0, 0.05) is 51.1 Å². The van der Waals surface area contributed by atoms with Gasteiger partial charge in [-0.25, -0.2) is 18.4 Å². The second kappa shape index (κ2) is 7.82. The average molecular weight is 454 g/mol. The molecule has 1 spiro atoms. The molecule has 11 heteroatoms. The number of carbonyl (C=O) groups is 1. The fraction of sp³-hybridized carbons (Fsp3) is 0.526. The number of imidazole rings is 1. The molecule has 1 amide bonds. The van der Waals surface area contributed by atoms with Crippen molar-refractivity contribution in [3.05, 3.63) is 35.4 Å². The number of hydrogen-bond donors (Lipinski definition) is 0. The van der Waals surface area contributed by atoms with E-state index in [0.29, 0.717) is 37.6 Å². The van der Waals surface area contributed by atoms with Gasteiger partial charge in [-0.2, -0.15) is 4.31 Å². The summed E-state index contributed by atoms with van der Waals surface area (Å²) in [6.07, 6.45) is 5.31. The number of carbonyl (C=O) groups excluding carboxylic acids is 1. The smallest absolute Gasteiger partial charge is 0.262 e. The van der Waals surface area contributed by atoms with Crippen LogP contribution in [-0.2, 0) is 17.1 Å². The summed E-state index contributed by atoms with van der Waals surface area (Å²) >= 11 is 5.99. The van der Waals surface area contributed by atoms with E-state index in [-0.39, 0.29) is 21.5 Å². The Kier molecular flexibility index (Phi) is 5.50. The lowest BCUT2D eigenvalue weighted by atomic mass is 9.78. The van der Waals surface area contributed by atoms with Gasteiger partial charge in [-0.05, 0) is 30.7 Å². The first-order valence-electron chi connectivity index (χ1n) is 9.71. The van der Waals surface area contributed by atoms with Crippen LogP contribution in [-0.4, -0.2) is 71.4 Å². The maximum atomic E-state index is 12.9. The Balaban J connectivity index is 1.42. The maximum Gasteiger partial charge on any atom is 0.262 e. The minimum Gasteiger partial charge on any atom is -0.481 e. The molecular weight excluding hydrogens is 430 g/mol. The monoisotopic (exact) mass is 453 g/mol. The van der Waals surface area contributed by atoms with Gasteiger partial charge < -0.3 is 14.2 Å². The Bertz CT molecular complexity index is 1060. The highest BCUT2D eigenvalue weighted by Gasteiger charge is 2.45. The Morgan fingerprint density at radius 3 is 2.53 bits per heavy atom. The van der Waals surface area contributed by atoms with E-state index in [2.05, 4.69) is 9.97 Å². The topological polar surface area (TPSA) is 97.6 Å². The molecular formula is C19H24ClN5O4S. The molecule has 2 aliphatic heterocycles. The number of ether oxygens (including phenoxy) is 1. The summed E-state index contributed by atoms with van der Waals surface area (Å²) in [6.45, 7) is 2.07. The van der Waals surface area contributed by atoms with E-state index in [9.17, 15) is 13.2 Å². The quantitative estimate of drug-likeness (QED) is 0.654. The van der Waals surface area contributed by atoms with Gasteiger partial charge in [0.2, 0.25) is 5.88 Å². The van der Waals surface area contributed by atoms with Crippen LogP contribution < -0.4 is 4.74 Å². The molecule has 2 aromatic heterocycles. The summed E-state index contributed by atoms with van der Waals surface area (Å²) in [5, 5.41) is 0.288. The number of piperidine rings is 1. The van der Waals surface area contributed by atoms with Gasteiger partial charge in [0.25, 0.3) is 15.9 Å². The van der Waals surface area contributed by atoms with Gasteiger partial charge >= 0.3 is 0 Å². The van der Waals surface area contributed by atoms with E-state index in [1.807, 2.05) is 0 Å². The summed E-state index contributed by atoms with van der Waals surface area (Å²) in [5.74, 6) is 0.175. The zero-order chi connectivity index (χ0) is 21.5. The van der Waals surface area contributed by atoms with Crippen molar-refractivity contribution in [3.63, 3.8) is 0 Å². The predicted molar refractivity (Wildman–Crippen MR) is 110 cm³/mol. The van der Waals surface area contributed by atoms with Crippen molar-refractivity contribution in [1.29, 1.82) is 0 Å². The zero-order valence-corrected chi connectivity index (χ0v) is 18.5. The van der Waals surface area contributed by atoms with Crippen LogP contribution in [0.5, 0.6) is 5.88 Å². The SMILES string of the molecule is COc1cc(C(=O)N2CCC3(CC2)CCN(S(=O)(=O)c2cn(C)cn2)C3)cc(Cl)n1. The average Bonchev–Trinajstić information content (AvgIpc) is 3.35. The number of aryl methyl sites for hydroxylation is 1. The van der Waals surface area contributed by atoms with Crippen LogP contribution >= 0.6 is 11.6 Å². The normalized spacial score (nSPS) is 19.4. The molecule has 0 aromatic carbocycles. The standard InChI is InChI=1S/C19H24ClN5O4S/c1-23-11-17(21-13-23)30(27,28)25-8-5-19(12-25)3-6-24(7-4-19)18(26)14-9-15(20)22-16(10-14)29-2/h9-11,13H,3-8,12H2,1-2H3. The molecule has 0 saturated carbocycles. The van der Waals surface area contributed by atoms with Gasteiger partial charge in [0.15, 0.2) is 5.03 Å². The molecule has 4 rings (SSSR count). The number of methoxy groups -OCH3 is 1. The molecule has 2 saturated heterocycles. The molecule has 4 heterocycles. The first kappa shape index (κ1) is 21.1. The molecule has 0 unspecified atom stereocenters. The van der Waals surface area contributed by atoms with Crippen LogP contribution in [0.25, 0.3) is 0 Å². The molecule has 0 radical (unpaired) electrons. The highest BCUT2D eigenvalue weighted by Crippen LogP contribution is 2.42. The number of likely N-dealkylation sites (tertiary alicyclic amines) is 1. The van der Waals surface area contributed by atoms with Crippen molar-refractivity contribution in [2.45, 2.75) is 24.3 Å². The van der Waals surface area contributed by atoms with E-state index >= 15 is 0 Å². The number of pyridine rings is 1. The Morgan fingerprint density at radius 1 is 1.20 bits per heavy atom. The van der Waals surface area contributed by atoms with Crippen molar-refractivity contribution in [2.75, 3.05) is 33.3 Å². The van der Waals surface area contributed by atoms with Crippen molar-refractivity contribution >= 4 is 27.5 Å². The molecule has 30 heavy (non-hydrogen) atoms. The van der Waals surface area contributed by atoms with Gasteiger partial charge in [-0.15, -0.1) is 0 Å². The van der Waals surface area contributed by atoms with Gasteiger partial charge in [0.05, 0.1) is 13.4 Å². The van der Waals surface area contributed by atoms with Crippen molar-refractivity contribution < 1.29 is 17.9 Å². The van der Waals surface area contributed by atoms with Gasteiger partial charge in [0.1, 0.15) is 5.15 Å². The third kappa shape index (κ3) is 3.91. The van der Waals surface area contributed by atoms with Crippen LogP contribution in [0.4, 0.5) is 0 Å². The van der Waals surface area contributed by atoms with Crippen LogP contribution in [0, 0.1) is 5.41 Å².